The first kappa shape index (κ1) is 13.8. The Morgan fingerprint density at radius 2 is 2.18 bits per heavy atom. The highest BCUT2D eigenvalue weighted by molar-refractivity contribution is 7.03. The summed E-state index contributed by atoms with van der Waals surface area (Å²) in [6, 6.07) is 0. The maximum atomic E-state index is 10.6. The third-order valence-electron chi connectivity index (χ3n) is 2.01. The van der Waals surface area contributed by atoms with Crippen LogP contribution in [0.25, 0.3) is 0 Å². The van der Waals surface area contributed by atoms with Gasteiger partial charge in [0.05, 0.1) is 5.69 Å². The molecule has 0 atom stereocenters. The van der Waals surface area contributed by atoms with E-state index in [1.54, 1.807) is 0 Å². The summed E-state index contributed by atoms with van der Waals surface area (Å²) >= 11 is 1.43. The van der Waals surface area contributed by atoms with E-state index >= 15 is 0 Å². The van der Waals surface area contributed by atoms with Crippen LogP contribution in [-0.4, -0.2) is 39.9 Å². The molecule has 0 saturated carbocycles. The smallest absolute Gasteiger partial charge is 0.475 e. The maximum Gasteiger partial charge on any atom is 0.490 e. The zero-order valence-corrected chi connectivity index (χ0v) is 9.38. The van der Waals surface area contributed by atoms with Crippen molar-refractivity contribution in [2.24, 2.45) is 5.92 Å². The van der Waals surface area contributed by atoms with Gasteiger partial charge < -0.3 is 10.4 Å². The van der Waals surface area contributed by atoms with E-state index in [1.165, 1.54) is 11.5 Å². The molecule has 0 unspecified atom stereocenters. The Hall–Kier alpha value is -1.22. The molecule has 1 aliphatic rings. The maximum absolute atomic E-state index is 10.6. The number of alkyl halides is 3. The summed E-state index contributed by atoms with van der Waals surface area (Å²) in [5, 5.41) is 16.4. The summed E-state index contributed by atoms with van der Waals surface area (Å²) in [7, 11) is 0. The van der Waals surface area contributed by atoms with Crippen molar-refractivity contribution in [3.8, 4) is 0 Å². The van der Waals surface area contributed by atoms with Gasteiger partial charge in [0.15, 0.2) is 0 Å². The molecule has 1 saturated heterocycles. The number of carboxylic acid groups (broad SMARTS) is 1. The van der Waals surface area contributed by atoms with Gasteiger partial charge in [-0.05, 0) is 37.0 Å². The van der Waals surface area contributed by atoms with Gasteiger partial charge in [-0.15, -0.1) is 5.10 Å². The second kappa shape index (κ2) is 5.92. The fourth-order valence-electron chi connectivity index (χ4n) is 1.06. The van der Waals surface area contributed by atoms with Crippen LogP contribution in [0, 0.1) is 5.92 Å². The molecule has 2 N–H and O–H groups in total. The molecule has 1 aromatic heterocycles. The summed E-state index contributed by atoms with van der Waals surface area (Å²) in [4.78, 5) is 8.90. The molecule has 0 radical (unpaired) electrons. The van der Waals surface area contributed by atoms with Crippen LogP contribution in [0.15, 0.2) is 5.38 Å². The number of nitrogens with zero attached hydrogens (tertiary/aromatic N) is 2. The molecule has 0 spiro atoms. The fourth-order valence-corrected chi connectivity index (χ4v) is 1.53. The number of aromatic nitrogens is 2. The van der Waals surface area contributed by atoms with E-state index in [0.717, 1.165) is 31.1 Å². The summed E-state index contributed by atoms with van der Waals surface area (Å²) < 4.78 is 35.5. The van der Waals surface area contributed by atoms with E-state index in [4.69, 9.17) is 9.90 Å². The molecule has 2 rings (SSSR count). The molecule has 96 valence electrons. The van der Waals surface area contributed by atoms with Crippen molar-refractivity contribution in [2.75, 3.05) is 13.1 Å². The van der Waals surface area contributed by atoms with Crippen molar-refractivity contribution in [1.82, 2.24) is 14.9 Å². The second-order valence-corrected chi connectivity index (χ2v) is 4.04. The van der Waals surface area contributed by atoms with Crippen molar-refractivity contribution >= 4 is 17.5 Å². The minimum atomic E-state index is -5.08. The van der Waals surface area contributed by atoms with Gasteiger partial charge in [-0.1, -0.05) is 4.49 Å². The van der Waals surface area contributed by atoms with Gasteiger partial charge in [-0.2, -0.15) is 13.2 Å². The number of carboxylic acids is 1. The Morgan fingerprint density at radius 1 is 1.59 bits per heavy atom. The van der Waals surface area contributed by atoms with Crippen LogP contribution in [0.4, 0.5) is 13.2 Å². The van der Waals surface area contributed by atoms with Gasteiger partial charge in [0, 0.05) is 5.38 Å². The van der Waals surface area contributed by atoms with Crippen molar-refractivity contribution < 1.29 is 23.1 Å². The van der Waals surface area contributed by atoms with Crippen LogP contribution in [0.1, 0.15) is 5.69 Å². The van der Waals surface area contributed by atoms with Gasteiger partial charge in [0.2, 0.25) is 0 Å². The summed E-state index contributed by atoms with van der Waals surface area (Å²) in [5.41, 5.74) is 1.15. The van der Waals surface area contributed by atoms with E-state index in [9.17, 15) is 13.2 Å². The SMILES string of the molecule is O=C(O)C(F)(F)F.c1snnc1CC1CNC1. The van der Waals surface area contributed by atoms with E-state index in [0.29, 0.717) is 0 Å². The van der Waals surface area contributed by atoms with Crippen LogP contribution < -0.4 is 5.32 Å². The first-order chi connectivity index (χ1) is 7.89. The summed E-state index contributed by atoms with van der Waals surface area (Å²) in [5.74, 6) is -1.95. The number of carbonyl (C=O) groups is 1. The number of rotatable bonds is 2. The first-order valence-electron chi connectivity index (χ1n) is 4.66. The Balaban J connectivity index is 0.000000185. The highest BCUT2D eigenvalue weighted by Gasteiger charge is 2.38. The highest BCUT2D eigenvalue weighted by Crippen LogP contribution is 2.13. The monoisotopic (exact) mass is 269 g/mol. The molecule has 1 aliphatic heterocycles. The van der Waals surface area contributed by atoms with E-state index in [-0.39, 0.29) is 0 Å². The average Bonchev–Trinajstić information content (AvgIpc) is 2.63. The third kappa shape index (κ3) is 5.09. The zero-order chi connectivity index (χ0) is 12.9. The molecular weight excluding hydrogens is 259 g/mol. The molecule has 0 amide bonds. The molecule has 0 aromatic carbocycles. The Morgan fingerprint density at radius 3 is 2.47 bits per heavy atom. The lowest BCUT2D eigenvalue weighted by atomic mass is 9.98. The number of nitrogens with one attached hydrogen (secondary N) is 1. The first-order valence-corrected chi connectivity index (χ1v) is 5.50. The topological polar surface area (TPSA) is 75.1 Å². The van der Waals surface area contributed by atoms with Gasteiger partial charge in [-0.3, -0.25) is 0 Å². The number of aliphatic carboxylic acids is 1. The van der Waals surface area contributed by atoms with Crippen molar-refractivity contribution in [3.63, 3.8) is 0 Å². The van der Waals surface area contributed by atoms with Crippen LogP contribution >= 0.6 is 11.5 Å². The summed E-state index contributed by atoms with van der Waals surface area (Å²) in [6.45, 7) is 2.30. The van der Waals surface area contributed by atoms with Crippen molar-refractivity contribution in [3.05, 3.63) is 11.1 Å². The standard InChI is InChI=1S/C6H9N3S.C2HF3O2/c1(5-2-7-3-5)6-4-10-9-8-6;3-2(4,5)1(6)7/h4-5,7H,1-3H2;(H,6,7). The fraction of sp³-hybridized carbons (Fsp3) is 0.625. The summed E-state index contributed by atoms with van der Waals surface area (Å²) in [6.07, 6.45) is -3.98. The Kier molecular flexibility index (Phi) is 4.82. The third-order valence-corrected chi connectivity index (χ3v) is 2.56. The Labute approximate surface area is 98.8 Å². The molecular formula is C8H10F3N3O2S. The normalized spacial score (nSPS) is 15.7. The van der Waals surface area contributed by atoms with Crippen LogP contribution in [0.5, 0.6) is 0 Å². The molecule has 1 aromatic rings. The Bertz CT molecular complexity index is 351. The van der Waals surface area contributed by atoms with Crippen LogP contribution in [-0.2, 0) is 11.2 Å². The minimum absolute atomic E-state index is 0.809. The van der Waals surface area contributed by atoms with Crippen LogP contribution in [0.2, 0.25) is 0 Å². The number of hydrogen-bond donors (Lipinski definition) is 2. The van der Waals surface area contributed by atoms with Crippen molar-refractivity contribution in [1.29, 1.82) is 0 Å². The lowest BCUT2D eigenvalue weighted by molar-refractivity contribution is -0.192. The van der Waals surface area contributed by atoms with Gasteiger partial charge in [0.25, 0.3) is 0 Å². The van der Waals surface area contributed by atoms with Gasteiger partial charge in [-0.25, -0.2) is 4.79 Å². The number of halogens is 3. The van der Waals surface area contributed by atoms with Gasteiger partial charge >= 0.3 is 12.1 Å². The molecule has 0 bridgehead atoms. The molecule has 2 heterocycles. The predicted octanol–water partition coefficient (Wildman–Crippen LogP) is 0.933. The van der Waals surface area contributed by atoms with E-state index in [2.05, 4.69) is 14.9 Å². The minimum Gasteiger partial charge on any atom is -0.475 e. The molecule has 9 heteroatoms. The zero-order valence-electron chi connectivity index (χ0n) is 8.57. The largest absolute Gasteiger partial charge is 0.490 e. The molecule has 5 nitrogen and oxygen atoms in total. The molecule has 17 heavy (non-hydrogen) atoms. The average molecular weight is 269 g/mol. The molecule has 1 fully saturated rings. The predicted molar refractivity (Wildman–Crippen MR) is 53.7 cm³/mol. The van der Waals surface area contributed by atoms with E-state index in [1.807, 2.05) is 5.38 Å². The number of hydrogen-bond acceptors (Lipinski definition) is 5. The van der Waals surface area contributed by atoms with E-state index < -0.39 is 12.1 Å². The highest BCUT2D eigenvalue weighted by atomic mass is 32.1. The second-order valence-electron chi connectivity index (χ2n) is 3.43. The molecule has 0 aliphatic carbocycles. The quantitative estimate of drug-likeness (QED) is 0.835. The van der Waals surface area contributed by atoms with Gasteiger partial charge in [0.1, 0.15) is 0 Å². The van der Waals surface area contributed by atoms with Crippen LogP contribution in [0.3, 0.4) is 0 Å². The van der Waals surface area contributed by atoms with Crippen molar-refractivity contribution in [2.45, 2.75) is 12.6 Å². The lowest BCUT2D eigenvalue weighted by Crippen LogP contribution is -2.43. The lowest BCUT2D eigenvalue weighted by Gasteiger charge is -2.25.